The van der Waals surface area contributed by atoms with E-state index < -0.39 is 11.4 Å². The van der Waals surface area contributed by atoms with Gasteiger partial charge in [-0.05, 0) is 37.1 Å². The third-order valence-corrected chi connectivity index (χ3v) is 4.11. The Bertz CT molecular complexity index is 529. The number of carboxylic acids is 1. The highest BCUT2D eigenvalue weighted by Crippen LogP contribution is 2.34. The lowest BCUT2D eigenvalue weighted by molar-refractivity contribution is -0.148. The highest BCUT2D eigenvalue weighted by Gasteiger charge is 2.44. The number of hydrogen-bond donors (Lipinski definition) is 2. The second-order valence-electron chi connectivity index (χ2n) is 5.27. The van der Waals surface area contributed by atoms with Crippen molar-refractivity contribution in [2.45, 2.75) is 19.8 Å². The quantitative estimate of drug-likeness (QED) is 0.893. The van der Waals surface area contributed by atoms with Gasteiger partial charge in [0.1, 0.15) is 5.75 Å². The summed E-state index contributed by atoms with van der Waals surface area (Å²) in [7, 11) is 1.58. The van der Waals surface area contributed by atoms with Gasteiger partial charge in [-0.1, -0.05) is 6.92 Å². The van der Waals surface area contributed by atoms with E-state index in [0.717, 1.165) is 0 Å². The van der Waals surface area contributed by atoms with E-state index in [1.54, 1.807) is 36.3 Å². The molecule has 0 radical (unpaired) electrons. The van der Waals surface area contributed by atoms with Crippen LogP contribution in [0.15, 0.2) is 24.3 Å². The van der Waals surface area contributed by atoms with Crippen molar-refractivity contribution in [3.05, 3.63) is 24.3 Å². The summed E-state index contributed by atoms with van der Waals surface area (Å²) in [6.07, 6.45) is 1.02. The van der Waals surface area contributed by atoms with Crippen molar-refractivity contribution >= 4 is 17.7 Å². The number of methoxy groups -OCH3 is 1. The van der Waals surface area contributed by atoms with E-state index in [1.807, 2.05) is 6.92 Å². The molecule has 1 fully saturated rings. The first-order valence-corrected chi connectivity index (χ1v) is 6.94. The highest BCUT2D eigenvalue weighted by molar-refractivity contribution is 5.90. The van der Waals surface area contributed by atoms with Gasteiger partial charge in [0.25, 0.3) is 0 Å². The molecule has 0 aliphatic carbocycles. The van der Waals surface area contributed by atoms with Gasteiger partial charge in [-0.2, -0.15) is 0 Å². The minimum Gasteiger partial charge on any atom is -0.497 e. The number of nitrogens with zero attached hydrogens (tertiary/aromatic N) is 1. The lowest BCUT2D eigenvalue weighted by atomic mass is 9.84. The van der Waals surface area contributed by atoms with Crippen molar-refractivity contribution in [1.82, 2.24) is 4.90 Å². The summed E-state index contributed by atoms with van der Waals surface area (Å²) in [5.41, 5.74) is -0.151. The molecular weight excluding hydrogens is 272 g/mol. The first kappa shape index (κ1) is 15.2. The van der Waals surface area contributed by atoms with E-state index in [0.29, 0.717) is 30.8 Å². The largest absolute Gasteiger partial charge is 0.497 e. The zero-order valence-corrected chi connectivity index (χ0v) is 12.3. The van der Waals surface area contributed by atoms with Gasteiger partial charge in [-0.15, -0.1) is 0 Å². The second-order valence-corrected chi connectivity index (χ2v) is 5.27. The number of anilines is 1. The maximum atomic E-state index is 12.2. The average molecular weight is 292 g/mol. The van der Waals surface area contributed by atoms with E-state index in [1.165, 1.54) is 0 Å². The van der Waals surface area contributed by atoms with Crippen LogP contribution in [0.4, 0.5) is 10.5 Å². The highest BCUT2D eigenvalue weighted by atomic mass is 16.5. The predicted molar refractivity (Wildman–Crippen MR) is 78.6 cm³/mol. The number of likely N-dealkylation sites (tertiary alicyclic amines) is 1. The van der Waals surface area contributed by atoms with E-state index in [2.05, 4.69) is 5.32 Å². The molecule has 1 aliphatic heterocycles. The van der Waals surface area contributed by atoms with Crippen molar-refractivity contribution in [1.29, 1.82) is 0 Å². The van der Waals surface area contributed by atoms with Gasteiger partial charge >= 0.3 is 12.0 Å². The lowest BCUT2D eigenvalue weighted by Gasteiger charge is -2.23. The first-order chi connectivity index (χ1) is 10.0. The molecule has 1 saturated heterocycles. The van der Waals surface area contributed by atoms with Crippen molar-refractivity contribution in [2.75, 3.05) is 25.5 Å². The molecule has 1 aromatic carbocycles. The SMILES string of the molecule is CCC1(C(=O)O)CCN(C(=O)Nc2ccc(OC)cc2)C1. The van der Waals surface area contributed by atoms with Gasteiger partial charge in [0.05, 0.1) is 12.5 Å². The molecule has 6 heteroatoms. The summed E-state index contributed by atoms with van der Waals surface area (Å²) in [6, 6.07) is 6.74. The monoisotopic (exact) mass is 292 g/mol. The van der Waals surface area contributed by atoms with Crippen molar-refractivity contribution < 1.29 is 19.4 Å². The molecule has 0 bridgehead atoms. The third kappa shape index (κ3) is 3.09. The Kier molecular flexibility index (Phi) is 4.35. The molecule has 2 rings (SSSR count). The van der Waals surface area contributed by atoms with Gasteiger partial charge in [0.2, 0.25) is 0 Å². The summed E-state index contributed by atoms with van der Waals surface area (Å²) in [5, 5.41) is 12.1. The van der Waals surface area contributed by atoms with Crippen LogP contribution in [0.5, 0.6) is 5.75 Å². The number of hydrogen-bond acceptors (Lipinski definition) is 3. The van der Waals surface area contributed by atoms with E-state index in [-0.39, 0.29) is 12.6 Å². The molecule has 1 unspecified atom stereocenters. The standard InChI is InChI=1S/C15H20N2O4/c1-3-15(13(18)19)8-9-17(10-15)14(20)16-11-4-6-12(21-2)7-5-11/h4-7H,3,8-10H2,1-2H3,(H,16,20)(H,18,19). The molecule has 0 spiro atoms. The van der Waals surface area contributed by atoms with Crippen LogP contribution < -0.4 is 10.1 Å². The Labute approximate surface area is 123 Å². The van der Waals surface area contributed by atoms with Crippen molar-refractivity contribution in [3.8, 4) is 5.75 Å². The van der Waals surface area contributed by atoms with Crippen molar-refractivity contribution in [2.24, 2.45) is 5.41 Å². The van der Waals surface area contributed by atoms with Gasteiger partial charge in [0, 0.05) is 18.8 Å². The number of urea groups is 1. The fourth-order valence-electron chi connectivity index (χ4n) is 2.54. The van der Waals surface area contributed by atoms with E-state index in [4.69, 9.17) is 4.74 Å². The molecule has 21 heavy (non-hydrogen) atoms. The maximum absolute atomic E-state index is 12.2. The van der Waals surface area contributed by atoms with Crippen molar-refractivity contribution in [3.63, 3.8) is 0 Å². The van der Waals surface area contributed by atoms with Crippen LogP contribution in [0, 0.1) is 5.41 Å². The van der Waals surface area contributed by atoms with E-state index in [9.17, 15) is 14.7 Å². The molecule has 2 N–H and O–H groups in total. The molecular formula is C15H20N2O4. The Morgan fingerprint density at radius 3 is 2.52 bits per heavy atom. The molecule has 0 saturated carbocycles. The number of ether oxygens (including phenoxy) is 1. The summed E-state index contributed by atoms with van der Waals surface area (Å²) in [5.74, 6) is -0.116. The topological polar surface area (TPSA) is 78.9 Å². The molecule has 2 amide bonds. The fourth-order valence-corrected chi connectivity index (χ4v) is 2.54. The number of rotatable bonds is 4. The molecule has 0 aromatic heterocycles. The number of carboxylic acid groups (broad SMARTS) is 1. The van der Waals surface area contributed by atoms with Gasteiger partial charge < -0.3 is 20.1 Å². The summed E-state index contributed by atoms with van der Waals surface area (Å²) in [4.78, 5) is 25.1. The predicted octanol–water partition coefficient (Wildman–Crippen LogP) is 2.41. The minimum atomic E-state index is -0.829. The van der Waals surface area contributed by atoms with Crippen LogP contribution in [-0.4, -0.2) is 42.2 Å². The number of carbonyl (C=O) groups excluding carboxylic acids is 1. The fraction of sp³-hybridized carbons (Fsp3) is 0.467. The summed E-state index contributed by atoms with van der Waals surface area (Å²) < 4.78 is 5.05. The van der Waals surface area contributed by atoms with Gasteiger partial charge in [-0.3, -0.25) is 4.79 Å². The molecule has 1 aliphatic rings. The van der Waals surface area contributed by atoms with Crippen LogP contribution in [0.25, 0.3) is 0 Å². The minimum absolute atomic E-state index is 0.251. The third-order valence-electron chi connectivity index (χ3n) is 4.11. The maximum Gasteiger partial charge on any atom is 0.321 e. The number of amides is 2. The van der Waals surface area contributed by atoms with Crippen LogP contribution in [-0.2, 0) is 4.79 Å². The molecule has 1 aromatic rings. The number of nitrogens with one attached hydrogen (secondary N) is 1. The Morgan fingerprint density at radius 1 is 1.38 bits per heavy atom. The number of benzene rings is 1. The van der Waals surface area contributed by atoms with Crippen LogP contribution in [0.2, 0.25) is 0 Å². The normalized spacial score (nSPS) is 21.1. The Morgan fingerprint density at radius 2 is 2.05 bits per heavy atom. The summed E-state index contributed by atoms with van der Waals surface area (Å²) in [6.45, 7) is 2.56. The summed E-state index contributed by atoms with van der Waals surface area (Å²) >= 11 is 0. The first-order valence-electron chi connectivity index (χ1n) is 6.94. The lowest BCUT2D eigenvalue weighted by Crippen LogP contribution is -2.38. The molecule has 1 heterocycles. The zero-order valence-electron chi connectivity index (χ0n) is 12.3. The van der Waals surface area contributed by atoms with Crippen LogP contribution in [0.3, 0.4) is 0 Å². The number of aliphatic carboxylic acids is 1. The smallest absolute Gasteiger partial charge is 0.321 e. The Hall–Kier alpha value is -2.24. The van der Waals surface area contributed by atoms with Gasteiger partial charge in [0.15, 0.2) is 0 Å². The molecule has 114 valence electrons. The second kappa shape index (κ2) is 6.03. The Balaban J connectivity index is 1.99. The van der Waals surface area contributed by atoms with E-state index >= 15 is 0 Å². The zero-order chi connectivity index (χ0) is 15.5. The number of carbonyl (C=O) groups is 2. The average Bonchev–Trinajstić information content (AvgIpc) is 2.94. The van der Waals surface area contributed by atoms with Crippen LogP contribution >= 0.6 is 0 Å². The molecule has 6 nitrogen and oxygen atoms in total. The van der Waals surface area contributed by atoms with Crippen LogP contribution in [0.1, 0.15) is 19.8 Å². The molecule has 1 atom stereocenters. The van der Waals surface area contributed by atoms with Gasteiger partial charge in [-0.25, -0.2) is 4.79 Å².